The van der Waals surface area contributed by atoms with Crippen molar-refractivity contribution < 1.29 is 32.3 Å². The highest BCUT2D eigenvalue weighted by atomic mass is 35.5. The Balaban J connectivity index is 1.33. The van der Waals surface area contributed by atoms with Crippen LogP contribution < -0.4 is 10.0 Å². The van der Waals surface area contributed by atoms with Gasteiger partial charge in [-0.3, -0.25) is 14.4 Å². The molecule has 3 unspecified atom stereocenters. The Morgan fingerprint density at radius 2 is 1.95 bits per heavy atom. The first-order valence-corrected chi connectivity index (χ1v) is 14.7. The number of nitrogens with one attached hydrogen (secondary N) is 2. The lowest BCUT2D eigenvalue weighted by Gasteiger charge is -2.36. The van der Waals surface area contributed by atoms with Crippen LogP contribution >= 0.6 is 11.6 Å². The number of rotatable bonds is 11. The number of fused-ring (bicyclic) bond motifs is 1. The molecule has 2 aromatic rings. The van der Waals surface area contributed by atoms with Crippen LogP contribution in [-0.4, -0.2) is 100 Å². The number of hydrogen-bond acceptors (Lipinski definition) is 8. The first-order valence-electron chi connectivity index (χ1n) is 12.8. The molecule has 4 atom stereocenters. The minimum atomic E-state index is -3.97. The molecule has 39 heavy (non-hydrogen) atoms. The zero-order chi connectivity index (χ0) is 28.2. The lowest BCUT2D eigenvalue weighted by atomic mass is 10.1. The van der Waals surface area contributed by atoms with Crippen molar-refractivity contribution in [1.29, 1.82) is 0 Å². The molecule has 0 aromatic heterocycles. The molecule has 2 aliphatic heterocycles. The van der Waals surface area contributed by atoms with E-state index in [2.05, 4.69) is 10.0 Å². The van der Waals surface area contributed by atoms with Crippen LogP contribution in [-0.2, 0) is 33.9 Å². The van der Waals surface area contributed by atoms with Crippen molar-refractivity contribution in [2.45, 2.75) is 49.5 Å². The molecule has 0 aliphatic carbocycles. The zero-order valence-electron chi connectivity index (χ0n) is 21.8. The maximum absolute atomic E-state index is 13.3. The largest absolute Gasteiger partial charge is 0.464 e. The summed E-state index contributed by atoms with van der Waals surface area (Å²) in [5.74, 6) is -0.645. The second-order valence-corrected chi connectivity index (χ2v) is 12.0. The number of ether oxygens (including phenoxy) is 2. The number of likely N-dealkylation sites (tertiary alicyclic amines) is 1. The van der Waals surface area contributed by atoms with Gasteiger partial charge in [0.25, 0.3) is 6.47 Å². The normalized spacial score (nSPS) is 21.7. The van der Waals surface area contributed by atoms with Crippen molar-refractivity contribution >= 4 is 50.7 Å². The molecule has 2 heterocycles. The van der Waals surface area contributed by atoms with Gasteiger partial charge in [-0.2, -0.15) is 4.72 Å². The summed E-state index contributed by atoms with van der Waals surface area (Å²) < 4.78 is 39.3. The van der Waals surface area contributed by atoms with Gasteiger partial charge >= 0.3 is 0 Å². The molecule has 13 heteroatoms. The molecule has 0 saturated carbocycles. The van der Waals surface area contributed by atoms with Gasteiger partial charge in [-0.25, -0.2) is 8.42 Å². The number of carbonyl (C=O) groups is 3. The maximum Gasteiger partial charge on any atom is 0.293 e. The minimum absolute atomic E-state index is 0.0489. The van der Waals surface area contributed by atoms with Crippen LogP contribution in [0.3, 0.4) is 0 Å². The highest BCUT2D eigenvalue weighted by Crippen LogP contribution is 2.24. The summed E-state index contributed by atoms with van der Waals surface area (Å²) in [6.45, 7) is 6.13. The predicted octanol–water partition coefficient (Wildman–Crippen LogP) is 1.14. The fraction of sp³-hybridized carbons (Fsp3) is 0.500. The first-order chi connectivity index (χ1) is 18.6. The molecule has 2 aromatic carbocycles. The van der Waals surface area contributed by atoms with Crippen LogP contribution in [0.2, 0.25) is 5.02 Å². The van der Waals surface area contributed by atoms with E-state index in [4.69, 9.17) is 21.1 Å². The molecule has 2 aliphatic rings. The van der Waals surface area contributed by atoms with Gasteiger partial charge in [0.05, 0.1) is 17.6 Å². The quantitative estimate of drug-likeness (QED) is 0.378. The number of benzene rings is 2. The van der Waals surface area contributed by atoms with Crippen LogP contribution in [0, 0.1) is 0 Å². The Labute approximate surface area is 232 Å². The predicted molar refractivity (Wildman–Crippen MR) is 145 cm³/mol. The average Bonchev–Trinajstić information content (AvgIpc) is 3.26. The topological polar surface area (TPSA) is 134 Å². The van der Waals surface area contributed by atoms with Crippen LogP contribution in [0.1, 0.15) is 20.3 Å². The molecule has 2 saturated heterocycles. The number of nitrogens with zero attached hydrogens (tertiary/aromatic N) is 2. The van der Waals surface area contributed by atoms with E-state index in [9.17, 15) is 22.8 Å². The van der Waals surface area contributed by atoms with E-state index in [0.717, 1.165) is 5.39 Å². The molecule has 2 N–H and O–H groups in total. The third-order valence-electron chi connectivity index (χ3n) is 6.99. The number of sulfonamides is 1. The van der Waals surface area contributed by atoms with E-state index in [-0.39, 0.29) is 36.0 Å². The first kappa shape index (κ1) is 29.2. The minimum Gasteiger partial charge on any atom is -0.464 e. The van der Waals surface area contributed by atoms with Gasteiger partial charge in [-0.05, 0) is 55.3 Å². The third-order valence-corrected chi connectivity index (χ3v) is 8.69. The summed E-state index contributed by atoms with van der Waals surface area (Å²) in [5, 5.41) is 5.23. The van der Waals surface area contributed by atoms with E-state index in [1.807, 2.05) is 0 Å². The molecule has 212 valence electrons. The maximum atomic E-state index is 13.3. The van der Waals surface area contributed by atoms with Gasteiger partial charge in [0.15, 0.2) is 0 Å². The Bertz CT molecular complexity index is 1320. The van der Waals surface area contributed by atoms with Crippen LogP contribution in [0.4, 0.5) is 0 Å². The number of amides is 2. The van der Waals surface area contributed by atoms with Crippen molar-refractivity contribution in [3.05, 3.63) is 41.4 Å². The highest BCUT2D eigenvalue weighted by Gasteiger charge is 2.40. The van der Waals surface area contributed by atoms with Crippen molar-refractivity contribution in [2.75, 3.05) is 39.3 Å². The smallest absolute Gasteiger partial charge is 0.293 e. The van der Waals surface area contributed by atoms with E-state index < -0.39 is 28.0 Å². The Morgan fingerprint density at radius 3 is 2.72 bits per heavy atom. The number of halogens is 1. The summed E-state index contributed by atoms with van der Waals surface area (Å²) in [7, 11) is -3.97. The number of morpholine rings is 1. The molecule has 4 rings (SSSR count). The molecule has 2 fully saturated rings. The zero-order valence-corrected chi connectivity index (χ0v) is 23.4. The summed E-state index contributed by atoms with van der Waals surface area (Å²) in [6.07, 6.45) is -0.267. The number of carbonyl (C=O) groups excluding carboxylic acids is 3. The second-order valence-electron chi connectivity index (χ2n) is 9.80. The Kier molecular flexibility index (Phi) is 9.44. The van der Waals surface area contributed by atoms with Gasteiger partial charge in [0.2, 0.25) is 21.8 Å². The van der Waals surface area contributed by atoms with E-state index in [1.165, 1.54) is 17.0 Å². The van der Waals surface area contributed by atoms with Crippen LogP contribution in [0.15, 0.2) is 41.3 Å². The lowest BCUT2D eigenvalue weighted by molar-refractivity contribution is -0.148. The average molecular weight is 581 g/mol. The number of hydrogen-bond donors (Lipinski definition) is 2. The molecule has 2 amide bonds. The Morgan fingerprint density at radius 1 is 1.21 bits per heavy atom. The van der Waals surface area contributed by atoms with Gasteiger partial charge < -0.3 is 24.6 Å². The fourth-order valence-corrected chi connectivity index (χ4v) is 6.28. The summed E-state index contributed by atoms with van der Waals surface area (Å²) >= 11 is 6.01. The van der Waals surface area contributed by atoms with E-state index in [0.29, 0.717) is 49.7 Å². The summed E-state index contributed by atoms with van der Waals surface area (Å²) in [5.41, 5.74) is 0. The van der Waals surface area contributed by atoms with Crippen LogP contribution in [0.5, 0.6) is 0 Å². The summed E-state index contributed by atoms with van der Waals surface area (Å²) in [6, 6.07) is 8.15. The second kappa shape index (κ2) is 12.6. The molecule has 0 radical (unpaired) electrons. The van der Waals surface area contributed by atoms with Crippen molar-refractivity contribution in [2.24, 2.45) is 0 Å². The van der Waals surface area contributed by atoms with Gasteiger partial charge in [-0.1, -0.05) is 23.7 Å². The molecular weight excluding hydrogens is 548 g/mol. The van der Waals surface area contributed by atoms with E-state index >= 15 is 0 Å². The Hall–Kier alpha value is -2.77. The van der Waals surface area contributed by atoms with E-state index in [1.54, 1.807) is 43.0 Å². The van der Waals surface area contributed by atoms with Gasteiger partial charge in [-0.15, -0.1) is 0 Å². The molecule has 0 bridgehead atoms. The molecular formula is C26H33ClN4O7S. The monoisotopic (exact) mass is 580 g/mol. The van der Waals surface area contributed by atoms with Gasteiger partial charge in [0, 0.05) is 37.7 Å². The van der Waals surface area contributed by atoms with Crippen molar-refractivity contribution in [3.8, 4) is 0 Å². The summed E-state index contributed by atoms with van der Waals surface area (Å²) in [4.78, 5) is 40.0. The third kappa shape index (κ3) is 7.06. The SMILES string of the molecule is CC(CNCC1CN(C(=O)[C@H](C)N2CCC(NS(=O)(=O)c3ccc4cc(Cl)ccc4c3)C2=O)CCO1)OC=O. The van der Waals surface area contributed by atoms with Crippen molar-refractivity contribution in [3.63, 3.8) is 0 Å². The lowest BCUT2D eigenvalue weighted by Crippen LogP contribution is -2.55. The van der Waals surface area contributed by atoms with Gasteiger partial charge in [0.1, 0.15) is 18.2 Å². The fourth-order valence-electron chi connectivity index (χ4n) is 4.84. The standard InChI is InChI=1S/C26H33ClN4O7S/c1-17(38-16-32)13-28-14-22-15-30(9-10-37-22)25(33)18(2)31-8-7-24(26(31)34)29-39(35,36)23-6-4-19-11-21(27)5-3-20(19)12-23/h3-6,11-12,16-18,22,24,28-29H,7-10,13-15H2,1-2H3/t17?,18-,22?,24?/m0/s1. The molecule has 0 spiro atoms. The van der Waals surface area contributed by atoms with Crippen molar-refractivity contribution in [1.82, 2.24) is 19.8 Å². The van der Waals surface area contributed by atoms with Crippen LogP contribution in [0.25, 0.3) is 10.8 Å². The highest BCUT2D eigenvalue weighted by molar-refractivity contribution is 7.89. The molecule has 11 nitrogen and oxygen atoms in total.